The Morgan fingerprint density at radius 1 is 1.30 bits per heavy atom. The Hall–Kier alpha value is -0.560. The fourth-order valence-corrected chi connectivity index (χ4v) is 0.817. The summed E-state index contributed by atoms with van der Waals surface area (Å²) in [6.45, 7) is 9.45. The highest BCUT2D eigenvalue weighted by Gasteiger charge is 1.91. The standard InChI is InChI=1S/C9H17N/c1-4-6-7-9-10(3)8-5-2/h4-5H,1-2,6-9H2,3H3. The van der Waals surface area contributed by atoms with Crippen LogP contribution in [0.25, 0.3) is 0 Å². The van der Waals surface area contributed by atoms with Gasteiger partial charge in [0.1, 0.15) is 0 Å². The van der Waals surface area contributed by atoms with Crippen LogP contribution < -0.4 is 0 Å². The Labute approximate surface area is 64.0 Å². The van der Waals surface area contributed by atoms with Crippen molar-refractivity contribution in [1.82, 2.24) is 4.90 Å². The summed E-state index contributed by atoms with van der Waals surface area (Å²) in [5, 5.41) is 0. The van der Waals surface area contributed by atoms with E-state index in [1.807, 2.05) is 12.2 Å². The molecule has 1 nitrogen and oxygen atoms in total. The zero-order valence-corrected chi connectivity index (χ0v) is 6.84. The molecule has 58 valence electrons. The Morgan fingerprint density at radius 2 is 2.00 bits per heavy atom. The fourth-order valence-electron chi connectivity index (χ4n) is 0.817. The molecule has 10 heavy (non-hydrogen) atoms. The van der Waals surface area contributed by atoms with Gasteiger partial charge in [0.15, 0.2) is 0 Å². The predicted molar refractivity (Wildman–Crippen MR) is 47.1 cm³/mol. The predicted octanol–water partition coefficient (Wildman–Crippen LogP) is 2.07. The average Bonchev–Trinajstić information content (AvgIpc) is 1.89. The maximum atomic E-state index is 3.67. The molecule has 0 amide bonds. The van der Waals surface area contributed by atoms with E-state index in [9.17, 15) is 0 Å². The second kappa shape index (κ2) is 6.56. The monoisotopic (exact) mass is 139 g/mol. The van der Waals surface area contributed by atoms with Crippen LogP contribution in [0.2, 0.25) is 0 Å². The summed E-state index contributed by atoms with van der Waals surface area (Å²) in [5.74, 6) is 0. The van der Waals surface area contributed by atoms with Crippen LogP contribution in [0.3, 0.4) is 0 Å². The molecule has 1 heteroatoms. The molecule has 0 aliphatic rings. The Bertz CT molecular complexity index is 96.9. The smallest absolute Gasteiger partial charge is 0.0157 e. The lowest BCUT2D eigenvalue weighted by molar-refractivity contribution is 0.365. The first kappa shape index (κ1) is 9.44. The van der Waals surface area contributed by atoms with Crippen LogP contribution in [0.1, 0.15) is 12.8 Å². The topological polar surface area (TPSA) is 3.24 Å². The SMILES string of the molecule is C=CCCCN(C)CC=C. The van der Waals surface area contributed by atoms with Gasteiger partial charge in [0.2, 0.25) is 0 Å². The molecule has 0 aromatic carbocycles. The van der Waals surface area contributed by atoms with Gasteiger partial charge in [-0.2, -0.15) is 0 Å². The Kier molecular flexibility index (Phi) is 6.19. The van der Waals surface area contributed by atoms with Crippen LogP contribution in [-0.2, 0) is 0 Å². The Balaban J connectivity index is 3.11. The largest absolute Gasteiger partial charge is 0.303 e. The van der Waals surface area contributed by atoms with Crippen molar-refractivity contribution in [3.05, 3.63) is 25.3 Å². The number of hydrogen-bond acceptors (Lipinski definition) is 1. The van der Waals surface area contributed by atoms with Crippen LogP contribution >= 0.6 is 0 Å². The molecular weight excluding hydrogens is 122 g/mol. The molecule has 0 unspecified atom stereocenters. The number of hydrogen-bond donors (Lipinski definition) is 0. The van der Waals surface area contributed by atoms with Crippen molar-refractivity contribution in [2.75, 3.05) is 20.1 Å². The van der Waals surface area contributed by atoms with Gasteiger partial charge in [-0.1, -0.05) is 12.2 Å². The van der Waals surface area contributed by atoms with Gasteiger partial charge < -0.3 is 4.90 Å². The molecule has 0 aliphatic heterocycles. The Morgan fingerprint density at radius 3 is 2.50 bits per heavy atom. The third kappa shape index (κ3) is 5.57. The van der Waals surface area contributed by atoms with Crippen molar-refractivity contribution < 1.29 is 0 Å². The van der Waals surface area contributed by atoms with E-state index in [1.54, 1.807) is 0 Å². The first-order chi connectivity index (χ1) is 4.81. The summed E-state index contributed by atoms with van der Waals surface area (Å²) in [6, 6.07) is 0. The fraction of sp³-hybridized carbons (Fsp3) is 0.556. The minimum Gasteiger partial charge on any atom is -0.303 e. The summed E-state index contributed by atoms with van der Waals surface area (Å²) in [6.07, 6.45) is 6.20. The lowest BCUT2D eigenvalue weighted by atomic mass is 10.3. The van der Waals surface area contributed by atoms with Gasteiger partial charge in [-0.15, -0.1) is 13.2 Å². The van der Waals surface area contributed by atoms with Gasteiger partial charge in [0.05, 0.1) is 0 Å². The van der Waals surface area contributed by atoms with Crippen molar-refractivity contribution in [2.24, 2.45) is 0 Å². The number of likely N-dealkylation sites (N-methyl/N-ethyl adjacent to an activating group) is 1. The summed E-state index contributed by atoms with van der Waals surface area (Å²) in [7, 11) is 2.10. The molecule has 0 rings (SSSR count). The zero-order valence-electron chi connectivity index (χ0n) is 6.84. The quantitative estimate of drug-likeness (QED) is 0.402. The van der Waals surface area contributed by atoms with Gasteiger partial charge in [-0.3, -0.25) is 0 Å². The molecule has 0 aromatic heterocycles. The normalized spacial score (nSPS) is 9.80. The molecule has 0 heterocycles. The van der Waals surface area contributed by atoms with Gasteiger partial charge in [0, 0.05) is 6.54 Å². The highest BCUT2D eigenvalue weighted by atomic mass is 15.1. The van der Waals surface area contributed by atoms with E-state index < -0.39 is 0 Å². The molecule has 0 spiro atoms. The molecule has 0 N–H and O–H groups in total. The number of nitrogens with zero attached hydrogens (tertiary/aromatic N) is 1. The minimum atomic E-state index is 0.983. The van der Waals surface area contributed by atoms with E-state index in [2.05, 4.69) is 25.1 Å². The first-order valence-corrected chi connectivity index (χ1v) is 3.71. The van der Waals surface area contributed by atoms with Crippen LogP contribution in [0, 0.1) is 0 Å². The van der Waals surface area contributed by atoms with Gasteiger partial charge in [0.25, 0.3) is 0 Å². The van der Waals surface area contributed by atoms with E-state index in [4.69, 9.17) is 0 Å². The maximum absolute atomic E-state index is 3.67. The lowest BCUT2D eigenvalue weighted by Gasteiger charge is -2.12. The lowest BCUT2D eigenvalue weighted by Crippen LogP contribution is -2.19. The molecular formula is C9H17N. The maximum Gasteiger partial charge on any atom is 0.0157 e. The minimum absolute atomic E-state index is 0.983. The molecule has 0 saturated carbocycles. The molecule has 0 aliphatic carbocycles. The third-order valence-electron chi connectivity index (χ3n) is 1.39. The van der Waals surface area contributed by atoms with Gasteiger partial charge >= 0.3 is 0 Å². The molecule has 0 saturated heterocycles. The second-order valence-corrected chi connectivity index (χ2v) is 2.48. The first-order valence-electron chi connectivity index (χ1n) is 3.71. The summed E-state index contributed by atoms with van der Waals surface area (Å²) >= 11 is 0. The zero-order chi connectivity index (χ0) is 7.82. The van der Waals surface area contributed by atoms with E-state index in [0.717, 1.165) is 19.5 Å². The molecule has 0 bridgehead atoms. The summed E-state index contributed by atoms with van der Waals surface area (Å²) in [5.41, 5.74) is 0. The molecule has 0 aromatic rings. The third-order valence-corrected chi connectivity index (χ3v) is 1.39. The van der Waals surface area contributed by atoms with Crippen molar-refractivity contribution in [1.29, 1.82) is 0 Å². The average molecular weight is 139 g/mol. The van der Waals surface area contributed by atoms with Crippen LogP contribution in [-0.4, -0.2) is 25.0 Å². The van der Waals surface area contributed by atoms with Crippen LogP contribution in [0.4, 0.5) is 0 Å². The number of unbranched alkanes of at least 4 members (excludes halogenated alkanes) is 1. The number of allylic oxidation sites excluding steroid dienone is 1. The molecule has 0 radical (unpaired) electrons. The summed E-state index contributed by atoms with van der Waals surface area (Å²) < 4.78 is 0. The van der Waals surface area contributed by atoms with Crippen molar-refractivity contribution in [3.8, 4) is 0 Å². The van der Waals surface area contributed by atoms with Crippen molar-refractivity contribution in [2.45, 2.75) is 12.8 Å². The molecule has 0 fully saturated rings. The second-order valence-electron chi connectivity index (χ2n) is 2.48. The number of rotatable bonds is 6. The van der Waals surface area contributed by atoms with Crippen LogP contribution in [0.15, 0.2) is 25.3 Å². The summed E-state index contributed by atoms with van der Waals surface area (Å²) in [4.78, 5) is 2.25. The van der Waals surface area contributed by atoms with Gasteiger partial charge in [-0.05, 0) is 26.4 Å². The van der Waals surface area contributed by atoms with E-state index in [-0.39, 0.29) is 0 Å². The van der Waals surface area contributed by atoms with E-state index in [1.165, 1.54) is 6.42 Å². The van der Waals surface area contributed by atoms with Gasteiger partial charge in [-0.25, -0.2) is 0 Å². The van der Waals surface area contributed by atoms with Crippen molar-refractivity contribution >= 4 is 0 Å². The molecule has 0 atom stereocenters. The van der Waals surface area contributed by atoms with Crippen LogP contribution in [0.5, 0.6) is 0 Å². The highest BCUT2D eigenvalue weighted by molar-refractivity contribution is 4.72. The van der Waals surface area contributed by atoms with E-state index in [0.29, 0.717) is 0 Å². The van der Waals surface area contributed by atoms with E-state index >= 15 is 0 Å². The van der Waals surface area contributed by atoms with Crippen molar-refractivity contribution in [3.63, 3.8) is 0 Å². The highest BCUT2D eigenvalue weighted by Crippen LogP contribution is 1.92.